The molecular formula is C16H12N2. The number of benzene rings is 2. The van der Waals surface area contributed by atoms with Crippen LogP contribution in [-0.2, 0) is 6.42 Å². The number of hydrogen-bond donors (Lipinski definition) is 0. The summed E-state index contributed by atoms with van der Waals surface area (Å²) in [5.74, 6) is 0. The molecule has 0 aliphatic rings. The average molecular weight is 232 g/mol. The zero-order chi connectivity index (χ0) is 13.0. The van der Waals surface area contributed by atoms with Crippen LogP contribution in [0.2, 0.25) is 0 Å². The summed E-state index contributed by atoms with van der Waals surface area (Å²) in [6.07, 6.45) is 0.719. The summed E-state index contributed by atoms with van der Waals surface area (Å²) in [4.78, 5) is 0. The highest BCUT2D eigenvalue weighted by Gasteiger charge is 2.05. The molecule has 18 heavy (non-hydrogen) atoms. The number of hydrogen-bond acceptors (Lipinski definition) is 2. The van der Waals surface area contributed by atoms with Crippen molar-refractivity contribution in [1.82, 2.24) is 0 Å². The molecule has 0 atom stereocenters. The molecular weight excluding hydrogens is 220 g/mol. The van der Waals surface area contributed by atoms with Crippen molar-refractivity contribution in [2.45, 2.75) is 13.3 Å². The van der Waals surface area contributed by atoms with E-state index >= 15 is 0 Å². The van der Waals surface area contributed by atoms with Crippen LogP contribution in [0.5, 0.6) is 0 Å². The molecule has 0 unspecified atom stereocenters. The molecule has 86 valence electrons. The van der Waals surface area contributed by atoms with E-state index in [2.05, 4.69) is 12.1 Å². The molecule has 0 saturated heterocycles. The molecule has 0 fully saturated rings. The Labute approximate surface area is 107 Å². The second kappa shape index (κ2) is 5.17. The van der Waals surface area contributed by atoms with Gasteiger partial charge in [0.1, 0.15) is 0 Å². The van der Waals surface area contributed by atoms with Gasteiger partial charge in [-0.2, -0.15) is 10.5 Å². The van der Waals surface area contributed by atoms with E-state index in [9.17, 15) is 0 Å². The van der Waals surface area contributed by atoms with Gasteiger partial charge < -0.3 is 0 Å². The maximum atomic E-state index is 9.17. The molecule has 2 heteroatoms. The Morgan fingerprint density at radius 1 is 0.944 bits per heavy atom. The topological polar surface area (TPSA) is 47.6 Å². The predicted octanol–water partition coefficient (Wildman–Crippen LogP) is 3.33. The zero-order valence-electron chi connectivity index (χ0n) is 10.1. The number of nitriles is 2. The first-order valence-electron chi connectivity index (χ1n) is 5.72. The van der Waals surface area contributed by atoms with E-state index in [0.717, 1.165) is 28.7 Å². The molecule has 2 aromatic carbocycles. The quantitative estimate of drug-likeness (QED) is 0.797. The van der Waals surface area contributed by atoms with Crippen LogP contribution in [0.25, 0.3) is 0 Å². The molecule has 0 heterocycles. The van der Waals surface area contributed by atoms with Gasteiger partial charge in [-0.25, -0.2) is 0 Å². The third-order valence-electron chi connectivity index (χ3n) is 2.95. The molecule has 0 aliphatic carbocycles. The standard InChI is InChI=1S/C16H12N2/c1-12-3-2-4-15(16(12)11-18)9-13-5-7-14(10-17)8-6-13/h2-8H,9H2,1H3. The Hall–Kier alpha value is -2.58. The first-order valence-corrected chi connectivity index (χ1v) is 5.72. The number of nitrogens with zero attached hydrogens (tertiary/aromatic N) is 2. The SMILES string of the molecule is Cc1cccc(Cc2ccc(C#N)cc2)c1C#N. The average Bonchev–Trinajstić information content (AvgIpc) is 2.40. The van der Waals surface area contributed by atoms with Crippen LogP contribution < -0.4 is 0 Å². The van der Waals surface area contributed by atoms with E-state index in [-0.39, 0.29) is 0 Å². The predicted molar refractivity (Wildman–Crippen MR) is 69.9 cm³/mol. The molecule has 0 radical (unpaired) electrons. The third kappa shape index (κ3) is 2.39. The van der Waals surface area contributed by atoms with E-state index in [4.69, 9.17) is 10.5 Å². The normalized spacial score (nSPS) is 9.50. The van der Waals surface area contributed by atoms with Gasteiger partial charge in [0, 0.05) is 0 Å². The third-order valence-corrected chi connectivity index (χ3v) is 2.95. The van der Waals surface area contributed by atoms with E-state index in [1.54, 1.807) is 12.1 Å². The summed E-state index contributed by atoms with van der Waals surface area (Å²) in [5.41, 5.74) is 4.55. The van der Waals surface area contributed by atoms with Gasteiger partial charge in [0.2, 0.25) is 0 Å². The summed E-state index contributed by atoms with van der Waals surface area (Å²) < 4.78 is 0. The maximum absolute atomic E-state index is 9.17. The van der Waals surface area contributed by atoms with E-state index in [1.165, 1.54) is 0 Å². The molecule has 0 aromatic heterocycles. The lowest BCUT2D eigenvalue weighted by Crippen LogP contribution is -1.95. The lowest BCUT2D eigenvalue weighted by atomic mass is 9.97. The van der Waals surface area contributed by atoms with Crippen molar-refractivity contribution >= 4 is 0 Å². The van der Waals surface area contributed by atoms with Gasteiger partial charge in [-0.3, -0.25) is 0 Å². The summed E-state index contributed by atoms with van der Waals surface area (Å²) in [6, 6.07) is 17.7. The molecule has 0 N–H and O–H groups in total. The summed E-state index contributed by atoms with van der Waals surface area (Å²) in [7, 11) is 0. The minimum Gasteiger partial charge on any atom is -0.192 e. The second-order valence-electron chi connectivity index (χ2n) is 4.21. The Morgan fingerprint density at radius 2 is 1.67 bits per heavy atom. The molecule has 0 bridgehead atoms. The number of aryl methyl sites for hydroxylation is 1. The highest BCUT2D eigenvalue weighted by molar-refractivity contribution is 5.46. The van der Waals surface area contributed by atoms with Crippen LogP contribution in [0, 0.1) is 29.6 Å². The lowest BCUT2D eigenvalue weighted by molar-refractivity contribution is 1.16. The minimum atomic E-state index is 0.656. The van der Waals surface area contributed by atoms with Crippen molar-refractivity contribution < 1.29 is 0 Å². The van der Waals surface area contributed by atoms with Crippen LogP contribution in [0.4, 0.5) is 0 Å². The Morgan fingerprint density at radius 3 is 2.28 bits per heavy atom. The first-order chi connectivity index (χ1) is 8.74. The fourth-order valence-electron chi connectivity index (χ4n) is 1.95. The van der Waals surface area contributed by atoms with Gasteiger partial charge in [0.05, 0.1) is 23.3 Å². The maximum Gasteiger partial charge on any atom is 0.0997 e. The molecule has 0 aliphatic heterocycles. The van der Waals surface area contributed by atoms with Gasteiger partial charge in [-0.15, -0.1) is 0 Å². The van der Waals surface area contributed by atoms with E-state index < -0.39 is 0 Å². The van der Waals surface area contributed by atoms with Crippen LogP contribution in [-0.4, -0.2) is 0 Å². The highest BCUT2D eigenvalue weighted by Crippen LogP contribution is 2.17. The van der Waals surface area contributed by atoms with Gasteiger partial charge in [0.15, 0.2) is 0 Å². The van der Waals surface area contributed by atoms with Crippen LogP contribution >= 0.6 is 0 Å². The number of rotatable bonds is 2. The minimum absolute atomic E-state index is 0.656. The van der Waals surface area contributed by atoms with Crippen molar-refractivity contribution in [3.05, 3.63) is 70.3 Å². The van der Waals surface area contributed by atoms with Gasteiger partial charge in [-0.05, 0) is 42.2 Å². The molecule has 0 amide bonds. The smallest absolute Gasteiger partial charge is 0.0997 e. The zero-order valence-corrected chi connectivity index (χ0v) is 10.1. The first kappa shape index (κ1) is 11.9. The van der Waals surface area contributed by atoms with Crippen LogP contribution in [0.1, 0.15) is 27.8 Å². The lowest BCUT2D eigenvalue weighted by Gasteiger charge is -2.06. The van der Waals surface area contributed by atoms with E-state index in [1.807, 2.05) is 37.3 Å². The molecule has 2 rings (SSSR count). The van der Waals surface area contributed by atoms with Gasteiger partial charge in [-0.1, -0.05) is 30.3 Å². The second-order valence-corrected chi connectivity index (χ2v) is 4.21. The van der Waals surface area contributed by atoms with Crippen molar-refractivity contribution in [2.24, 2.45) is 0 Å². The van der Waals surface area contributed by atoms with Gasteiger partial charge >= 0.3 is 0 Å². The largest absolute Gasteiger partial charge is 0.192 e. The van der Waals surface area contributed by atoms with E-state index in [0.29, 0.717) is 5.56 Å². The van der Waals surface area contributed by atoms with Crippen molar-refractivity contribution in [1.29, 1.82) is 10.5 Å². The Kier molecular flexibility index (Phi) is 3.41. The fraction of sp³-hybridized carbons (Fsp3) is 0.125. The summed E-state index contributed by atoms with van der Waals surface area (Å²) in [6.45, 7) is 1.95. The Bertz CT molecular complexity index is 640. The summed E-state index contributed by atoms with van der Waals surface area (Å²) >= 11 is 0. The monoisotopic (exact) mass is 232 g/mol. The Balaban J connectivity index is 2.32. The molecule has 0 spiro atoms. The van der Waals surface area contributed by atoms with Crippen molar-refractivity contribution in [3.63, 3.8) is 0 Å². The molecule has 2 nitrogen and oxygen atoms in total. The van der Waals surface area contributed by atoms with Crippen molar-refractivity contribution in [3.8, 4) is 12.1 Å². The van der Waals surface area contributed by atoms with Crippen molar-refractivity contribution in [2.75, 3.05) is 0 Å². The van der Waals surface area contributed by atoms with Gasteiger partial charge in [0.25, 0.3) is 0 Å². The molecule has 0 saturated carbocycles. The molecule has 2 aromatic rings. The highest BCUT2D eigenvalue weighted by atomic mass is 14.3. The van der Waals surface area contributed by atoms with Crippen LogP contribution in [0.3, 0.4) is 0 Å². The van der Waals surface area contributed by atoms with Crippen LogP contribution in [0.15, 0.2) is 42.5 Å². The fourth-order valence-corrected chi connectivity index (χ4v) is 1.95. The summed E-state index contributed by atoms with van der Waals surface area (Å²) in [5, 5.41) is 17.9.